The van der Waals surface area contributed by atoms with Gasteiger partial charge in [0.2, 0.25) is 5.91 Å². The minimum absolute atomic E-state index is 0.188. The van der Waals surface area contributed by atoms with E-state index in [1.165, 1.54) is 11.8 Å². The highest BCUT2D eigenvalue weighted by molar-refractivity contribution is 8.00. The number of benzene rings is 1. The maximum Gasteiger partial charge on any atom is 0.323 e. The second-order valence-corrected chi connectivity index (χ2v) is 5.14. The third-order valence-corrected chi connectivity index (χ3v) is 3.48. The lowest BCUT2D eigenvalue weighted by Crippen LogP contribution is -2.35. The van der Waals surface area contributed by atoms with E-state index in [0.29, 0.717) is 17.0 Å². The van der Waals surface area contributed by atoms with Gasteiger partial charge in [-0.05, 0) is 31.2 Å². The number of amides is 1. The van der Waals surface area contributed by atoms with Crippen LogP contribution < -0.4 is 11.1 Å². The van der Waals surface area contributed by atoms with Crippen LogP contribution in [-0.4, -0.2) is 36.0 Å². The Balaban J connectivity index is 2.31. The lowest BCUT2D eigenvalue weighted by molar-refractivity contribution is -0.144. The standard InChI is InChI=1S/C14H17N3O3S/c1-2-20-14(19)12(16)8-21-9-13(18)17-11-5-3-10(7-15)4-6-11/h3-6,12H,2,8-9,16H2,1H3,(H,17,18). The zero-order valence-corrected chi connectivity index (χ0v) is 12.5. The summed E-state index contributed by atoms with van der Waals surface area (Å²) in [5.41, 5.74) is 6.77. The number of nitrogens with zero attached hydrogens (tertiary/aromatic N) is 1. The first-order valence-corrected chi connectivity index (χ1v) is 7.52. The Bertz CT molecular complexity index is 525. The van der Waals surface area contributed by atoms with Crippen molar-refractivity contribution in [3.63, 3.8) is 0 Å². The zero-order valence-electron chi connectivity index (χ0n) is 11.7. The van der Waals surface area contributed by atoms with Gasteiger partial charge in [0.25, 0.3) is 0 Å². The van der Waals surface area contributed by atoms with Crippen molar-refractivity contribution in [1.82, 2.24) is 0 Å². The summed E-state index contributed by atoms with van der Waals surface area (Å²) in [5.74, 6) is -0.148. The Hall–Kier alpha value is -2.04. The molecule has 3 N–H and O–H groups in total. The molecule has 1 amide bonds. The molecule has 1 rings (SSSR count). The molecule has 7 heteroatoms. The molecule has 0 fully saturated rings. The first-order valence-electron chi connectivity index (χ1n) is 6.36. The normalized spacial score (nSPS) is 11.3. The van der Waals surface area contributed by atoms with Gasteiger partial charge in [-0.15, -0.1) is 11.8 Å². The number of carbonyl (C=O) groups is 2. The predicted molar refractivity (Wildman–Crippen MR) is 81.7 cm³/mol. The van der Waals surface area contributed by atoms with Crippen molar-refractivity contribution >= 4 is 29.3 Å². The number of carbonyl (C=O) groups excluding carboxylic acids is 2. The summed E-state index contributed by atoms with van der Waals surface area (Å²) in [6.45, 7) is 2.00. The molecular formula is C14H17N3O3S. The molecule has 0 bridgehead atoms. The molecule has 1 atom stereocenters. The number of nitriles is 1. The van der Waals surface area contributed by atoms with E-state index in [0.717, 1.165) is 0 Å². The molecule has 0 aliphatic heterocycles. The van der Waals surface area contributed by atoms with Crippen LogP contribution in [0, 0.1) is 11.3 Å². The van der Waals surface area contributed by atoms with Gasteiger partial charge >= 0.3 is 5.97 Å². The van der Waals surface area contributed by atoms with Crippen molar-refractivity contribution in [2.75, 3.05) is 23.4 Å². The van der Waals surface area contributed by atoms with Gasteiger partial charge in [-0.1, -0.05) is 0 Å². The fourth-order valence-electron chi connectivity index (χ4n) is 1.42. The Morgan fingerprint density at radius 2 is 2.10 bits per heavy atom. The van der Waals surface area contributed by atoms with E-state index in [4.69, 9.17) is 15.7 Å². The van der Waals surface area contributed by atoms with E-state index < -0.39 is 12.0 Å². The molecule has 1 aromatic rings. The minimum Gasteiger partial charge on any atom is -0.465 e. The average Bonchev–Trinajstić information content (AvgIpc) is 2.48. The summed E-state index contributed by atoms with van der Waals surface area (Å²) < 4.78 is 4.77. The molecule has 0 radical (unpaired) electrons. The number of thioether (sulfide) groups is 1. The summed E-state index contributed by atoms with van der Waals surface area (Å²) in [4.78, 5) is 23.0. The Labute approximate surface area is 127 Å². The average molecular weight is 307 g/mol. The Kier molecular flexibility index (Phi) is 7.29. The SMILES string of the molecule is CCOC(=O)C(N)CSCC(=O)Nc1ccc(C#N)cc1. The molecule has 112 valence electrons. The number of hydrogen-bond acceptors (Lipinski definition) is 6. The van der Waals surface area contributed by atoms with Crippen molar-refractivity contribution in [3.8, 4) is 6.07 Å². The van der Waals surface area contributed by atoms with Crippen molar-refractivity contribution in [2.24, 2.45) is 5.73 Å². The van der Waals surface area contributed by atoms with E-state index >= 15 is 0 Å². The molecule has 0 aliphatic rings. The van der Waals surface area contributed by atoms with Crippen LogP contribution in [0.15, 0.2) is 24.3 Å². The number of esters is 1. The quantitative estimate of drug-likeness (QED) is 0.731. The van der Waals surface area contributed by atoms with Crippen LogP contribution in [0.25, 0.3) is 0 Å². The van der Waals surface area contributed by atoms with Crippen LogP contribution in [0.1, 0.15) is 12.5 Å². The predicted octanol–water partition coefficient (Wildman–Crippen LogP) is 1.12. The lowest BCUT2D eigenvalue weighted by Gasteiger charge is -2.10. The van der Waals surface area contributed by atoms with Crippen molar-refractivity contribution in [2.45, 2.75) is 13.0 Å². The molecule has 6 nitrogen and oxygen atoms in total. The van der Waals surface area contributed by atoms with Gasteiger partial charge in [0.1, 0.15) is 6.04 Å². The van der Waals surface area contributed by atoms with Gasteiger partial charge in [0.15, 0.2) is 0 Å². The molecule has 0 heterocycles. The molecule has 1 unspecified atom stereocenters. The summed E-state index contributed by atoms with van der Waals surface area (Å²) in [6.07, 6.45) is 0. The summed E-state index contributed by atoms with van der Waals surface area (Å²) >= 11 is 1.26. The third-order valence-electron chi connectivity index (χ3n) is 2.42. The second kappa shape index (κ2) is 9.00. The van der Waals surface area contributed by atoms with Crippen molar-refractivity contribution in [3.05, 3.63) is 29.8 Å². The lowest BCUT2D eigenvalue weighted by atomic mass is 10.2. The monoisotopic (exact) mass is 307 g/mol. The maximum atomic E-state index is 11.7. The molecule has 0 aromatic heterocycles. The topological polar surface area (TPSA) is 105 Å². The number of ether oxygens (including phenoxy) is 1. The molecule has 1 aromatic carbocycles. The molecule has 0 saturated carbocycles. The largest absolute Gasteiger partial charge is 0.465 e. The first-order chi connectivity index (χ1) is 10.1. The smallest absolute Gasteiger partial charge is 0.323 e. The fraction of sp³-hybridized carbons (Fsp3) is 0.357. The van der Waals surface area contributed by atoms with Crippen LogP contribution in [0.5, 0.6) is 0 Å². The van der Waals surface area contributed by atoms with Crippen LogP contribution in [0.2, 0.25) is 0 Å². The van der Waals surface area contributed by atoms with Gasteiger partial charge in [-0.2, -0.15) is 5.26 Å². The summed E-state index contributed by atoms with van der Waals surface area (Å²) in [7, 11) is 0. The van der Waals surface area contributed by atoms with E-state index in [1.807, 2.05) is 6.07 Å². The van der Waals surface area contributed by atoms with E-state index in [9.17, 15) is 9.59 Å². The molecule has 0 saturated heterocycles. The number of hydrogen-bond donors (Lipinski definition) is 2. The molecule has 0 aliphatic carbocycles. The number of rotatable bonds is 7. The van der Waals surface area contributed by atoms with Crippen LogP contribution in [0.4, 0.5) is 5.69 Å². The van der Waals surface area contributed by atoms with Crippen LogP contribution in [-0.2, 0) is 14.3 Å². The van der Waals surface area contributed by atoms with Gasteiger partial charge in [-0.3, -0.25) is 9.59 Å². The number of anilines is 1. The maximum absolute atomic E-state index is 11.7. The van der Waals surface area contributed by atoms with Crippen molar-refractivity contribution in [1.29, 1.82) is 5.26 Å². The molecular weight excluding hydrogens is 290 g/mol. The molecule has 0 spiro atoms. The van der Waals surface area contributed by atoms with E-state index in [-0.39, 0.29) is 18.3 Å². The fourth-order valence-corrected chi connectivity index (χ4v) is 2.19. The van der Waals surface area contributed by atoms with Gasteiger partial charge < -0.3 is 15.8 Å². The first kappa shape index (κ1) is 17.0. The summed E-state index contributed by atoms with van der Waals surface area (Å²) in [6, 6.07) is 7.84. The third kappa shape index (κ3) is 6.29. The van der Waals surface area contributed by atoms with Gasteiger partial charge in [0, 0.05) is 11.4 Å². The van der Waals surface area contributed by atoms with Crippen LogP contribution in [0.3, 0.4) is 0 Å². The molecule has 21 heavy (non-hydrogen) atoms. The van der Waals surface area contributed by atoms with Crippen molar-refractivity contribution < 1.29 is 14.3 Å². The minimum atomic E-state index is -0.724. The Morgan fingerprint density at radius 3 is 2.67 bits per heavy atom. The van der Waals surface area contributed by atoms with E-state index in [1.54, 1.807) is 31.2 Å². The Morgan fingerprint density at radius 1 is 1.43 bits per heavy atom. The highest BCUT2D eigenvalue weighted by Crippen LogP contribution is 2.10. The summed E-state index contributed by atoms with van der Waals surface area (Å²) in [5, 5.41) is 11.4. The van der Waals surface area contributed by atoms with Crippen LogP contribution >= 0.6 is 11.8 Å². The number of nitrogens with two attached hydrogens (primary N) is 1. The van der Waals surface area contributed by atoms with E-state index in [2.05, 4.69) is 5.32 Å². The van der Waals surface area contributed by atoms with Gasteiger partial charge in [-0.25, -0.2) is 0 Å². The highest BCUT2D eigenvalue weighted by Gasteiger charge is 2.15. The zero-order chi connectivity index (χ0) is 15.7. The highest BCUT2D eigenvalue weighted by atomic mass is 32.2. The van der Waals surface area contributed by atoms with Gasteiger partial charge in [0.05, 0.1) is 24.0 Å². The number of nitrogens with one attached hydrogen (secondary N) is 1. The second-order valence-electron chi connectivity index (χ2n) is 4.11.